The van der Waals surface area contributed by atoms with E-state index in [1.165, 1.54) is 18.2 Å². The van der Waals surface area contributed by atoms with Gasteiger partial charge in [-0.15, -0.1) is 0 Å². The molecule has 0 aliphatic rings. The summed E-state index contributed by atoms with van der Waals surface area (Å²) < 4.78 is 38.8. The lowest BCUT2D eigenvalue weighted by Crippen LogP contribution is -2.11. The predicted molar refractivity (Wildman–Crippen MR) is 73.6 cm³/mol. The molecule has 20 heavy (non-hydrogen) atoms. The SMILES string of the molecule is CC/C(=C/CNc1ccc(Br)cc1C(F)(F)F)C(=O)O. The second-order valence-electron chi connectivity index (χ2n) is 3.96. The number of carbonyl (C=O) groups is 1. The summed E-state index contributed by atoms with van der Waals surface area (Å²) in [4.78, 5) is 10.8. The highest BCUT2D eigenvalue weighted by Crippen LogP contribution is 2.36. The van der Waals surface area contributed by atoms with Crippen molar-refractivity contribution >= 4 is 27.6 Å². The van der Waals surface area contributed by atoms with Gasteiger partial charge in [-0.3, -0.25) is 0 Å². The van der Waals surface area contributed by atoms with Crippen LogP contribution < -0.4 is 5.32 Å². The molecule has 0 aromatic heterocycles. The number of nitrogens with one attached hydrogen (secondary N) is 1. The van der Waals surface area contributed by atoms with Crippen molar-refractivity contribution in [3.63, 3.8) is 0 Å². The average molecular weight is 352 g/mol. The van der Waals surface area contributed by atoms with Gasteiger partial charge in [0.05, 0.1) is 5.56 Å². The molecule has 0 heterocycles. The van der Waals surface area contributed by atoms with E-state index in [0.29, 0.717) is 10.9 Å². The molecule has 0 spiro atoms. The number of halogens is 4. The van der Waals surface area contributed by atoms with Crippen LogP contribution in [0.4, 0.5) is 18.9 Å². The maximum atomic E-state index is 12.8. The minimum absolute atomic E-state index is 0.0141. The van der Waals surface area contributed by atoms with Crippen molar-refractivity contribution in [1.82, 2.24) is 0 Å². The monoisotopic (exact) mass is 351 g/mol. The molecule has 1 rings (SSSR count). The molecule has 7 heteroatoms. The molecule has 1 aromatic carbocycles. The van der Waals surface area contributed by atoms with Crippen molar-refractivity contribution in [2.45, 2.75) is 19.5 Å². The number of rotatable bonds is 5. The third-order valence-electron chi connectivity index (χ3n) is 2.58. The van der Waals surface area contributed by atoms with Crippen LogP contribution in [0.25, 0.3) is 0 Å². The first-order chi connectivity index (χ1) is 9.25. The van der Waals surface area contributed by atoms with Gasteiger partial charge < -0.3 is 10.4 Å². The van der Waals surface area contributed by atoms with Crippen molar-refractivity contribution in [1.29, 1.82) is 0 Å². The zero-order chi connectivity index (χ0) is 15.3. The van der Waals surface area contributed by atoms with E-state index in [1.54, 1.807) is 6.92 Å². The molecule has 0 amide bonds. The largest absolute Gasteiger partial charge is 0.478 e. The summed E-state index contributed by atoms with van der Waals surface area (Å²) in [6.45, 7) is 1.68. The van der Waals surface area contributed by atoms with Crippen LogP contribution in [0.3, 0.4) is 0 Å². The summed E-state index contributed by atoms with van der Waals surface area (Å²) in [5.41, 5.74) is -0.727. The summed E-state index contributed by atoms with van der Waals surface area (Å²) in [6.07, 6.45) is -2.80. The van der Waals surface area contributed by atoms with Gasteiger partial charge in [-0.05, 0) is 24.6 Å². The van der Waals surface area contributed by atoms with E-state index in [9.17, 15) is 18.0 Å². The van der Waals surface area contributed by atoms with Crippen LogP contribution >= 0.6 is 15.9 Å². The third-order valence-corrected chi connectivity index (χ3v) is 3.08. The van der Waals surface area contributed by atoms with Gasteiger partial charge in [0.1, 0.15) is 0 Å². The Morgan fingerprint density at radius 1 is 1.45 bits per heavy atom. The molecule has 0 aliphatic heterocycles. The Morgan fingerprint density at radius 3 is 2.60 bits per heavy atom. The summed E-state index contributed by atoms with van der Waals surface area (Å²) in [7, 11) is 0. The molecular formula is C13H13BrF3NO2. The summed E-state index contributed by atoms with van der Waals surface area (Å²) in [5, 5.41) is 11.4. The second kappa shape index (κ2) is 6.78. The summed E-state index contributed by atoms with van der Waals surface area (Å²) >= 11 is 2.99. The van der Waals surface area contributed by atoms with Gasteiger partial charge in [-0.25, -0.2) is 4.79 Å². The summed E-state index contributed by atoms with van der Waals surface area (Å²) in [5.74, 6) is -1.07. The fourth-order valence-electron chi connectivity index (χ4n) is 1.57. The second-order valence-corrected chi connectivity index (χ2v) is 4.87. The van der Waals surface area contributed by atoms with Crippen LogP contribution in [0.2, 0.25) is 0 Å². The highest BCUT2D eigenvalue weighted by Gasteiger charge is 2.33. The van der Waals surface area contributed by atoms with E-state index in [2.05, 4.69) is 21.2 Å². The maximum absolute atomic E-state index is 12.8. The first-order valence-corrected chi connectivity index (χ1v) is 6.58. The zero-order valence-corrected chi connectivity index (χ0v) is 12.2. The number of benzene rings is 1. The molecule has 0 bridgehead atoms. The highest BCUT2D eigenvalue weighted by atomic mass is 79.9. The quantitative estimate of drug-likeness (QED) is 0.777. The first-order valence-electron chi connectivity index (χ1n) is 5.78. The number of hydrogen-bond acceptors (Lipinski definition) is 2. The minimum atomic E-state index is -4.48. The number of aliphatic carboxylic acids is 1. The average Bonchev–Trinajstić information content (AvgIpc) is 2.34. The van der Waals surface area contributed by atoms with E-state index in [-0.39, 0.29) is 17.8 Å². The Balaban J connectivity index is 2.91. The van der Waals surface area contributed by atoms with Gasteiger partial charge >= 0.3 is 12.1 Å². The molecule has 0 saturated carbocycles. The molecule has 0 fully saturated rings. The van der Waals surface area contributed by atoms with Crippen LogP contribution in [0, 0.1) is 0 Å². The molecule has 1 aromatic rings. The Kier molecular flexibility index (Phi) is 5.62. The van der Waals surface area contributed by atoms with E-state index in [4.69, 9.17) is 5.11 Å². The molecule has 0 atom stereocenters. The Labute approximate surface area is 122 Å². The van der Waals surface area contributed by atoms with Crippen LogP contribution in [0.15, 0.2) is 34.3 Å². The molecule has 0 aliphatic carbocycles. The zero-order valence-electron chi connectivity index (χ0n) is 10.6. The van der Waals surface area contributed by atoms with Crippen LogP contribution in [0.5, 0.6) is 0 Å². The molecule has 110 valence electrons. The molecule has 0 saturated heterocycles. The summed E-state index contributed by atoms with van der Waals surface area (Å²) in [6, 6.07) is 3.76. The Bertz CT molecular complexity index is 527. The van der Waals surface area contributed by atoms with Gasteiger partial charge in [0.25, 0.3) is 0 Å². The number of carboxylic acid groups (broad SMARTS) is 1. The van der Waals surface area contributed by atoms with E-state index < -0.39 is 17.7 Å². The normalized spacial score (nSPS) is 12.3. The Morgan fingerprint density at radius 2 is 2.10 bits per heavy atom. The van der Waals surface area contributed by atoms with E-state index >= 15 is 0 Å². The minimum Gasteiger partial charge on any atom is -0.478 e. The number of hydrogen-bond donors (Lipinski definition) is 2. The third kappa shape index (κ3) is 4.56. The lowest BCUT2D eigenvalue weighted by atomic mass is 10.1. The number of carboxylic acids is 1. The molecule has 2 N–H and O–H groups in total. The maximum Gasteiger partial charge on any atom is 0.418 e. The van der Waals surface area contributed by atoms with Crippen LogP contribution in [0.1, 0.15) is 18.9 Å². The molecular weight excluding hydrogens is 339 g/mol. The topological polar surface area (TPSA) is 49.3 Å². The number of anilines is 1. The van der Waals surface area contributed by atoms with Gasteiger partial charge in [-0.1, -0.05) is 28.9 Å². The van der Waals surface area contributed by atoms with Gasteiger partial charge in [0.15, 0.2) is 0 Å². The first kappa shape index (κ1) is 16.6. The van der Waals surface area contributed by atoms with Crippen molar-refractivity contribution < 1.29 is 23.1 Å². The van der Waals surface area contributed by atoms with E-state index in [1.807, 2.05) is 0 Å². The fourth-order valence-corrected chi connectivity index (χ4v) is 1.93. The standard InChI is InChI=1S/C13H13BrF3NO2/c1-2-8(12(19)20)5-6-18-11-4-3-9(14)7-10(11)13(15,16)17/h3-5,7,18H,2,6H2,1H3,(H,19,20)/b8-5-. The highest BCUT2D eigenvalue weighted by molar-refractivity contribution is 9.10. The van der Waals surface area contributed by atoms with Crippen molar-refractivity contribution in [3.8, 4) is 0 Å². The lowest BCUT2D eigenvalue weighted by molar-refractivity contribution is -0.137. The smallest absolute Gasteiger partial charge is 0.418 e. The Hall–Kier alpha value is -1.50. The van der Waals surface area contributed by atoms with E-state index in [0.717, 1.165) is 6.07 Å². The lowest BCUT2D eigenvalue weighted by Gasteiger charge is -2.14. The van der Waals surface area contributed by atoms with Crippen molar-refractivity contribution in [3.05, 3.63) is 39.9 Å². The number of alkyl halides is 3. The molecule has 0 unspecified atom stereocenters. The predicted octanol–water partition coefficient (Wildman–Crippen LogP) is 4.30. The van der Waals surface area contributed by atoms with Gasteiger partial charge in [0.2, 0.25) is 0 Å². The fraction of sp³-hybridized carbons (Fsp3) is 0.308. The van der Waals surface area contributed by atoms with Crippen molar-refractivity contribution in [2.75, 3.05) is 11.9 Å². The molecule has 3 nitrogen and oxygen atoms in total. The van der Waals surface area contributed by atoms with Crippen LogP contribution in [-0.4, -0.2) is 17.6 Å². The van der Waals surface area contributed by atoms with Crippen LogP contribution in [-0.2, 0) is 11.0 Å². The van der Waals surface area contributed by atoms with Gasteiger partial charge in [0, 0.05) is 22.3 Å². The van der Waals surface area contributed by atoms with Crippen molar-refractivity contribution in [2.24, 2.45) is 0 Å². The molecule has 0 radical (unpaired) electrons. The van der Waals surface area contributed by atoms with Gasteiger partial charge in [-0.2, -0.15) is 13.2 Å².